The van der Waals surface area contributed by atoms with Crippen LogP contribution in [-0.2, 0) is 10.0 Å². The lowest BCUT2D eigenvalue weighted by Crippen LogP contribution is -2.28. The summed E-state index contributed by atoms with van der Waals surface area (Å²) in [5.41, 5.74) is 0.731. The van der Waals surface area contributed by atoms with Gasteiger partial charge in [-0.25, -0.2) is 13.1 Å². The second-order valence-corrected chi connectivity index (χ2v) is 7.42. The minimum absolute atomic E-state index is 0.0809. The highest BCUT2D eigenvalue weighted by molar-refractivity contribution is 7.89. The van der Waals surface area contributed by atoms with Crippen LogP contribution in [0.5, 0.6) is 0 Å². The molecular formula is C15H14N2O3S2. The summed E-state index contributed by atoms with van der Waals surface area (Å²) < 4.78 is 27.7. The molecule has 3 aromatic rings. The molecule has 0 aliphatic carbocycles. The number of aromatic nitrogens is 1. The monoisotopic (exact) mass is 334 g/mol. The van der Waals surface area contributed by atoms with E-state index in [9.17, 15) is 13.5 Å². The van der Waals surface area contributed by atoms with Crippen molar-refractivity contribution in [2.24, 2.45) is 0 Å². The molecule has 114 valence electrons. The maximum Gasteiger partial charge on any atom is 0.242 e. The van der Waals surface area contributed by atoms with Gasteiger partial charge in [0.1, 0.15) is 4.90 Å². The number of nitrogens with one attached hydrogen (secondary N) is 1. The largest absolute Gasteiger partial charge is 0.387 e. The third-order valence-corrected chi connectivity index (χ3v) is 5.67. The normalized spacial score (nSPS) is 13.3. The van der Waals surface area contributed by atoms with Gasteiger partial charge in [-0.3, -0.25) is 4.98 Å². The van der Waals surface area contributed by atoms with Crippen LogP contribution in [0.1, 0.15) is 11.7 Å². The lowest BCUT2D eigenvalue weighted by Gasteiger charge is -2.12. The van der Waals surface area contributed by atoms with Gasteiger partial charge >= 0.3 is 0 Å². The maximum absolute atomic E-state index is 12.1. The molecule has 0 amide bonds. The van der Waals surface area contributed by atoms with Crippen LogP contribution in [0.3, 0.4) is 0 Å². The van der Waals surface area contributed by atoms with Gasteiger partial charge in [0.25, 0.3) is 0 Å². The molecular weight excluding hydrogens is 320 g/mol. The van der Waals surface area contributed by atoms with Crippen LogP contribution in [-0.4, -0.2) is 25.1 Å². The van der Waals surface area contributed by atoms with Crippen molar-refractivity contribution in [2.45, 2.75) is 11.0 Å². The van der Waals surface area contributed by atoms with E-state index in [2.05, 4.69) is 9.71 Å². The first-order chi connectivity index (χ1) is 10.6. The molecule has 5 nitrogen and oxygen atoms in total. The van der Waals surface area contributed by atoms with Crippen LogP contribution in [0.15, 0.2) is 59.1 Å². The number of aliphatic hydroxyl groups excluding tert-OH is 1. The average molecular weight is 334 g/mol. The predicted octanol–water partition coefficient (Wildman–Crippen LogP) is 2.31. The molecule has 1 atom stereocenters. The van der Waals surface area contributed by atoms with Crippen molar-refractivity contribution in [3.8, 4) is 0 Å². The zero-order valence-electron chi connectivity index (χ0n) is 11.5. The maximum atomic E-state index is 12.1. The summed E-state index contributed by atoms with van der Waals surface area (Å²) in [5, 5.41) is 13.1. The van der Waals surface area contributed by atoms with E-state index in [1.165, 1.54) is 29.8 Å². The molecule has 2 N–H and O–H groups in total. The number of thiophene rings is 1. The lowest BCUT2D eigenvalue weighted by molar-refractivity contribution is 0.184. The molecule has 0 aliphatic heterocycles. The summed E-state index contributed by atoms with van der Waals surface area (Å²) >= 11 is 1.52. The fraction of sp³-hybridized carbons (Fsp3) is 0.133. The Bertz CT molecular complexity index is 876. The fourth-order valence-corrected chi connectivity index (χ4v) is 4.15. The molecule has 7 heteroatoms. The number of aliphatic hydroxyl groups is 1. The van der Waals surface area contributed by atoms with Crippen LogP contribution >= 0.6 is 11.3 Å². The summed E-state index contributed by atoms with van der Waals surface area (Å²) in [6.45, 7) is -0.0854. The lowest BCUT2D eigenvalue weighted by atomic mass is 10.1. The average Bonchev–Trinajstić information content (AvgIpc) is 2.98. The van der Waals surface area contributed by atoms with Gasteiger partial charge in [0, 0.05) is 29.2 Å². The Morgan fingerprint density at radius 2 is 2.05 bits per heavy atom. The zero-order chi connectivity index (χ0) is 15.6. The van der Waals surface area contributed by atoms with Gasteiger partial charge in [-0.15, -0.1) is 11.3 Å². The van der Waals surface area contributed by atoms with Crippen LogP contribution in [0.4, 0.5) is 0 Å². The molecule has 0 aliphatic rings. The molecule has 1 unspecified atom stereocenters. The topological polar surface area (TPSA) is 79.3 Å². The van der Waals surface area contributed by atoms with Crippen LogP contribution in [0.2, 0.25) is 0 Å². The van der Waals surface area contributed by atoms with Crippen LogP contribution < -0.4 is 4.72 Å². The molecule has 0 fully saturated rings. The van der Waals surface area contributed by atoms with E-state index >= 15 is 0 Å². The number of sulfonamides is 1. The standard InChI is InChI=1S/C15H14N2O3S2/c18-14(13-10-21-15-6-2-1-5-12(13)15)9-17-22(19,20)11-4-3-7-16-8-11/h1-8,10,14,17-18H,9H2. The summed E-state index contributed by atoms with van der Waals surface area (Å²) in [5.74, 6) is 0. The first-order valence-corrected chi connectivity index (χ1v) is 8.98. The zero-order valence-corrected chi connectivity index (χ0v) is 13.1. The molecule has 0 radical (unpaired) electrons. The SMILES string of the molecule is O=S(=O)(NCC(O)c1csc2ccccc12)c1cccnc1. The number of rotatable bonds is 5. The highest BCUT2D eigenvalue weighted by Gasteiger charge is 2.18. The molecule has 3 rings (SSSR count). The smallest absolute Gasteiger partial charge is 0.242 e. The van der Waals surface area contributed by atoms with Crippen molar-refractivity contribution >= 4 is 31.4 Å². The van der Waals surface area contributed by atoms with Crippen molar-refractivity contribution in [3.05, 3.63) is 59.7 Å². The van der Waals surface area contributed by atoms with E-state index < -0.39 is 16.1 Å². The predicted molar refractivity (Wildman–Crippen MR) is 86.2 cm³/mol. The van der Waals surface area contributed by atoms with Crippen LogP contribution in [0.25, 0.3) is 10.1 Å². The highest BCUT2D eigenvalue weighted by atomic mass is 32.2. The third kappa shape index (κ3) is 3.02. The van der Waals surface area contributed by atoms with E-state index in [1.807, 2.05) is 29.6 Å². The summed E-state index contributed by atoms with van der Waals surface area (Å²) in [7, 11) is -3.67. The minimum Gasteiger partial charge on any atom is -0.387 e. The van der Waals surface area contributed by atoms with E-state index in [4.69, 9.17) is 0 Å². The first-order valence-electron chi connectivity index (χ1n) is 6.62. The number of fused-ring (bicyclic) bond motifs is 1. The molecule has 0 bridgehead atoms. The number of hydrogen-bond donors (Lipinski definition) is 2. The highest BCUT2D eigenvalue weighted by Crippen LogP contribution is 2.30. The van der Waals surface area contributed by atoms with Crippen molar-refractivity contribution < 1.29 is 13.5 Å². The first kappa shape index (κ1) is 15.1. The van der Waals surface area contributed by atoms with E-state index in [0.29, 0.717) is 0 Å². The molecule has 22 heavy (non-hydrogen) atoms. The second kappa shape index (κ2) is 6.13. The third-order valence-electron chi connectivity index (χ3n) is 3.28. The Morgan fingerprint density at radius 1 is 1.23 bits per heavy atom. The minimum atomic E-state index is -3.67. The van der Waals surface area contributed by atoms with E-state index in [1.54, 1.807) is 6.07 Å². The van der Waals surface area contributed by atoms with E-state index in [-0.39, 0.29) is 11.4 Å². The van der Waals surface area contributed by atoms with Gasteiger partial charge in [-0.2, -0.15) is 0 Å². The molecule has 2 heterocycles. The molecule has 0 saturated carbocycles. The van der Waals surface area contributed by atoms with Gasteiger partial charge in [0.15, 0.2) is 0 Å². The van der Waals surface area contributed by atoms with Gasteiger partial charge < -0.3 is 5.11 Å². The Labute approximate surface area is 132 Å². The van der Waals surface area contributed by atoms with Crippen LogP contribution in [0, 0.1) is 0 Å². The van der Waals surface area contributed by atoms with Crippen molar-refractivity contribution in [3.63, 3.8) is 0 Å². The molecule has 2 aromatic heterocycles. The van der Waals surface area contributed by atoms with Gasteiger partial charge in [0.2, 0.25) is 10.0 Å². The van der Waals surface area contributed by atoms with Crippen molar-refractivity contribution in [1.29, 1.82) is 0 Å². The van der Waals surface area contributed by atoms with Gasteiger partial charge in [0.05, 0.1) is 6.10 Å². The fourth-order valence-electron chi connectivity index (χ4n) is 2.14. The Kier molecular flexibility index (Phi) is 4.21. The summed E-state index contributed by atoms with van der Waals surface area (Å²) in [6.07, 6.45) is 1.88. The number of pyridine rings is 1. The van der Waals surface area contributed by atoms with E-state index in [0.717, 1.165) is 15.6 Å². The number of hydrogen-bond acceptors (Lipinski definition) is 5. The quantitative estimate of drug-likeness (QED) is 0.750. The van der Waals surface area contributed by atoms with Gasteiger partial charge in [-0.05, 0) is 29.0 Å². The second-order valence-electron chi connectivity index (χ2n) is 4.74. The molecule has 1 aromatic carbocycles. The van der Waals surface area contributed by atoms with Gasteiger partial charge in [-0.1, -0.05) is 18.2 Å². The summed E-state index contributed by atoms with van der Waals surface area (Å²) in [4.78, 5) is 3.87. The number of nitrogens with zero attached hydrogens (tertiary/aromatic N) is 1. The Hall–Kier alpha value is -1.80. The Balaban J connectivity index is 1.76. The summed E-state index contributed by atoms with van der Waals surface area (Å²) in [6, 6.07) is 10.7. The Morgan fingerprint density at radius 3 is 2.82 bits per heavy atom. The van der Waals surface area contributed by atoms with Crippen molar-refractivity contribution in [2.75, 3.05) is 6.54 Å². The molecule has 0 saturated heterocycles. The molecule has 0 spiro atoms. The number of benzene rings is 1. The van der Waals surface area contributed by atoms with Crippen molar-refractivity contribution in [1.82, 2.24) is 9.71 Å².